The monoisotopic (exact) mass is 390 g/mol. The molecule has 0 atom stereocenters. The fourth-order valence-corrected chi connectivity index (χ4v) is 3.57. The lowest BCUT2D eigenvalue weighted by molar-refractivity contribution is 0.0615. The number of nitrogens with zero attached hydrogens (tertiary/aromatic N) is 4. The zero-order chi connectivity index (χ0) is 17.1. The topological polar surface area (TPSA) is 41.4 Å². The van der Waals surface area contributed by atoms with Crippen molar-refractivity contribution in [1.82, 2.24) is 19.6 Å². The van der Waals surface area contributed by atoms with E-state index in [0.717, 1.165) is 37.2 Å². The number of carbonyl (C=O) groups excluding carboxylic acids is 1. The minimum Gasteiger partial charge on any atom is -0.335 e. The first-order chi connectivity index (χ1) is 11.6. The average molecular weight is 391 g/mol. The van der Waals surface area contributed by atoms with Crippen molar-refractivity contribution in [3.8, 4) is 0 Å². The van der Waals surface area contributed by atoms with Gasteiger partial charge in [0, 0.05) is 39.3 Å². The molecule has 1 fully saturated rings. The van der Waals surface area contributed by atoms with E-state index in [-0.39, 0.29) is 5.91 Å². The summed E-state index contributed by atoms with van der Waals surface area (Å²) in [6.07, 6.45) is 1.70. The Bertz CT molecular complexity index is 720. The van der Waals surface area contributed by atoms with Gasteiger partial charge < -0.3 is 4.90 Å². The van der Waals surface area contributed by atoms with Gasteiger partial charge in [0.25, 0.3) is 5.91 Å². The molecule has 1 amide bonds. The van der Waals surface area contributed by atoms with Crippen LogP contribution < -0.4 is 0 Å². The molecular formula is C18H23BrN4O. The predicted octanol–water partition coefficient (Wildman–Crippen LogP) is 2.93. The van der Waals surface area contributed by atoms with E-state index >= 15 is 0 Å². The number of hydrogen-bond donors (Lipinski definition) is 0. The highest BCUT2D eigenvalue weighted by atomic mass is 79.9. The molecule has 1 aromatic carbocycles. The second kappa shape index (κ2) is 7.49. The van der Waals surface area contributed by atoms with E-state index in [9.17, 15) is 4.79 Å². The highest BCUT2D eigenvalue weighted by Crippen LogP contribution is 2.19. The van der Waals surface area contributed by atoms with Crippen molar-refractivity contribution in [2.45, 2.75) is 26.9 Å². The Hall–Kier alpha value is -1.66. The quantitative estimate of drug-likeness (QED) is 0.805. The molecule has 24 heavy (non-hydrogen) atoms. The number of carbonyl (C=O) groups is 1. The molecule has 2 heterocycles. The number of amides is 1. The molecule has 0 N–H and O–H groups in total. The van der Waals surface area contributed by atoms with Crippen LogP contribution in [0.3, 0.4) is 0 Å². The maximum absolute atomic E-state index is 12.8. The summed E-state index contributed by atoms with van der Waals surface area (Å²) < 4.78 is 2.53. The molecule has 0 radical (unpaired) electrons. The van der Waals surface area contributed by atoms with Crippen LogP contribution in [0.15, 0.2) is 34.9 Å². The fraction of sp³-hybridized carbons (Fsp3) is 0.444. The predicted molar refractivity (Wildman–Crippen MR) is 98.0 cm³/mol. The zero-order valence-corrected chi connectivity index (χ0v) is 15.8. The Morgan fingerprint density at radius 2 is 1.92 bits per heavy atom. The second-order valence-corrected chi connectivity index (χ2v) is 7.01. The van der Waals surface area contributed by atoms with Crippen molar-refractivity contribution in [3.63, 3.8) is 0 Å². The highest BCUT2D eigenvalue weighted by molar-refractivity contribution is 9.10. The number of benzene rings is 1. The van der Waals surface area contributed by atoms with Crippen LogP contribution in [-0.4, -0.2) is 51.7 Å². The van der Waals surface area contributed by atoms with Gasteiger partial charge in [-0.05, 0) is 40.9 Å². The van der Waals surface area contributed by atoms with E-state index in [4.69, 9.17) is 0 Å². The number of rotatable bonds is 4. The molecule has 2 aromatic rings. The minimum atomic E-state index is 0.0665. The molecule has 1 aliphatic rings. The van der Waals surface area contributed by atoms with E-state index in [1.165, 1.54) is 11.1 Å². The van der Waals surface area contributed by atoms with Gasteiger partial charge in [0.1, 0.15) is 5.69 Å². The molecule has 128 valence electrons. The summed E-state index contributed by atoms with van der Waals surface area (Å²) in [5.41, 5.74) is 3.35. The Balaban J connectivity index is 1.62. The van der Waals surface area contributed by atoms with Crippen LogP contribution in [0.4, 0.5) is 0 Å². The number of piperazine rings is 1. The van der Waals surface area contributed by atoms with Crippen LogP contribution in [-0.2, 0) is 13.1 Å². The first-order valence-corrected chi connectivity index (χ1v) is 9.17. The molecular weight excluding hydrogens is 368 g/mol. The Labute approximate surface area is 151 Å². The van der Waals surface area contributed by atoms with Crippen molar-refractivity contribution >= 4 is 21.8 Å². The summed E-state index contributed by atoms with van der Waals surface area (Å²) in [5, 5.41) is 4.24. The lowest BCUT2D eigenvalue weighted by atomic mass is 10.1. The van der Waals surface area contributed by atoms with Gasteiger partial charge in [0.05, 0.1) is 10.7 Å². The number of aromatic nitrogens is 2. The second-order valence-electron chi connectivity index (χ2n) is 6.15. The molecule has 1 saturated heterocycles. The van der Waals surface area contributed by atoms with Crippen molar-refractivity contribution in [2.75, 3.05) is 26.2 Å². The maximum atomic E-state index is 12.8. The van der Waals surface area contributed by atoms with Crippen LogP contribution >= 0.6 is 15.9 Å². The van der Waals surface area contributed by atoms with Gasteiger partial charge in [0.2, 0.25) is 0 Å². The van der Waals surface area contributed by atoms with Gasteiger partial charge in [-0.3, -0.25) is 14.4 Å². The Morgan fingerprint density at radius 1 is 1.21 bits per heavy atom. The van der Waals surface area contributed by atoms with Gasteiger partial charge in [-0.1, -0.05) is 24.3 Å². The average Bonchev–Trinajstić information content (AvgIpc) is 2.98. The summed E-state index contributed by atoms with van der Waals surface area (Å²) in [6.45, 7) is 9.11. The number of hydrogen-bond acceptors (Lipinski definition) is 3. The van der Waals surface area contributed by atoms with Gasteiger partial charge >= 0.3 is 0 Å². The minimum absolute atomic E-state index is 0.0665. The maximum Gasteiger partial charge on any atom is 0.273 e. The van der Waals surface area contributed by atoms with Gasteiger partial charge in [-0.25, -0.2) is 0 Å². The van der Waals surface area contributed by atoms with Crippen LogP contribution in [0.25, 0.3) is 0 Å². The Kier molecular flexibility index (Phi) is 5.36. The molecule has 1 aliphatic heterocycles. The lowest BCUT2D eigenvalue weighted by Gasteiger charge is -2.35. The largest absolute Gasteiger partial charge is 0.335 e. The molecule has 0 unspecified atom stereocenters. The molecule has 6 heteroatoms. The van der Waals surface area contributed by atoms with Crippen molar-refractivity contribution < 1.29 is 4.79 Å². The molecule has 0 spiro atoms. The van der Waals surface area contributed by atoms with E-state index in [1.54, 1.807) is 10.9 Å². The SMILES string of the molecule is CCn1ncc(Br)c1C(=O)N1CCN(Cc2ccccc2C)CC1. The van der Waals surface area contributed by atoms with Crippen molar-refractivity contribution in [1.29, 1.82) is 0 Å². The fourth-order valence-electron chi connectivity index (χ4n) is 3.10. The lowest BCUT2D eigenvalue weighted by Crippen LogP contribution is -2.48. The summed E-state index contributed by atoms with van der Waals surface area (Å²) >= 11 is 3.45. The smallest absolute Gasteiger partial charge is 0.273 e. The zero-order valence-electron chi connectivity index (χ0n) is 14.2. The Morgan fingerprint density at radius 3 is 2.58 bits per heavy atom. The molecule has 3 rings (SSSR count). The van der Waals surface area contributed by atoms with Crippen LogP contribution in [0.2, 0.25) is 0 Å². The third kappa shape index (κ3) is 3.54. The third-order valence-electron chi connectivity index (χ3n) is 4.61. The number of aryl methyl sites for hydroxylation is 2. The molecule has 5 nitrogen and oxygen atoms in total. The van der Waals surface area contributed by atoms with E-state index in [0.29, 0.717) is 12.2 Å². The van der Waals surface area contributed by atoms with E-state index < -0.39 is 0 Å². The van der Waals surface area contributed by atoms with Crippen molar-refractivity contribution in [2.24, 2.45) is 0 Å². The molecule has 0 bridgehead atoms. The summed E-state index contributed by atoms with van der Waals surface area (Å²) in [4.78, 5) is 17.1. The highest BCUT2D eigenvalue weighted by Gasteiger charge is 2.26. The van der Waals surface area contributed by atoms with E-state index in [2.05, 4.69) is 57.1 Å². The normalized spacial score (nSPS) is 15.7. The standard InChI is InChI=1S/C18H23BrN4O/c1-3-23-17(16(19)12-20-23)18(24)22-10-8-21(9-11-22)13-15-7-5-4-6-14(15)2/h4-7,12H,3,8-11,13H2,1-2H3. The number of halogens is 1. The van der Waals surface area contributed by atoms with Crippen LogP contribution in [0.1, 0.15) is 28.5 Å². The first kappa shape index (κ1) is 17.2. The van der Waals surface area contributed by atoms with E-state index in [1.807, 2.05) is 11.8 Å². The van der Waals surface area contributed by atoms with Crippen LogP contribution in [0, 0.1) is 6.92 Å². The first-order valence-electron chi connectivity index (χ1n) is 8.37. The summed E-state index contributed by atoms with van der Waals surface area (Å²) in [5.74, 6) is 0.0665. The summed E-state index contributed by atoms with van der Waals surface area (Å²) in [7, 11) is 0. The third-order valence-corrected chi connectivity index (χ3v) is 5.19. The van der Waals surface area contributed by atoms with Gasteiger partial charge in [0.15, 0.2) is 0 Å². The molecule has 0 saturated carbocycles. The van der Waals surface area contributed by atoms with Gasteiger partial charge in [-0.15, -0.1) is 0 Å². The molecule has 1 aromatic heterocycles. The van der Waals surface area contributed by atoms with Crippen LogP contribution in [0.5, 0.6) is 0 Å². The molecule has 0 aliphatic carbocycles. The van der Waals surface area contributed by atoms with Crippen molar-refractivity contribution in [3.05, 3.63) is 51.8 Å². The van der Waals surface area contributed by atoms with Gasteiger partial charge in [-0.2, -0.15) is 5.10 Å². The summed E-state index contributed by atoms with van der Waals surface area (Å²) in [6, 6.07) is 8.50.